The van der Waals surface area contributed by atoms with Crippen LogP contribution in [0.1, 0.15) is 57.4 Å². The molecule has 0 aliphatic carbocycles. The number of halogens is 3. The van der Waals surface area contributed by atoms with Crippen LogP contribution in [0.2, 0.25) is 5.15 Å². The summed E-state index contributed by atoms with van der Waals surface area (Å²) in [6.07, 6.45) is 9.01. The molecule has 1 unspecified atom stereocenters. The van der Waals surface area contributed by atoms with Gasteiger partial charge >= 0.3 is 0 Å². The van der Waals surface area contributed by atoms with E-state index in [0.29, 0.717) is 51.5 Å². The van der Waals surface area contributed by atoms with Gasteiger partial charge < -0.3 is 15.6 Å². The minimum absolute atomic E-state index is 0. The SMILES string of the molecule is C.Cc1ccc2c(c1)N(S(=O)(=O)c1cccc3c(=O)[nH]ccc13)CC2.Cc1ccc2c(c1)N(S(=O)(=O)c1cccc3c1C=CNC3Cl)CC2.Cc1ccc2c(c1)NCC2.O=S(=O)(Cl)c1cccc2c(Cl)nccc12. The molecule has 3 N–H and O–H groups in total. The molecule has 19 heteroatoms. The Hall–Kier alpha value is -6.40. The number of aromatic amines is 1. The smallest absolute Gasteiger partial charge is 0.264 e. The van der Waals surface area contributed by atoms with Crippen LogP contribution in [-0.4, -0.2) is 54.9 Å². The summed E-state index contributed by atoms with van der Waals surface area (Å²) in [5.74, 6) is 0. The van der Waals surface area contributed by atoms with Gasteiger partial charge in [0.15, 0.2) is 0 Å². The topological polar surface area (TPSA) is 179 Å². The average molecular weight is 1110 g/mol. The maximum atomic E-state index is 13.3. The third kappa shape index (κ3) is 10.9. The Morgan fingerprint density at radius 1 is 0.622 bits per heavy atom. The third-order valence-corrected chi connectivity index (χ3v) is 18.7. The van der Waals surface area contributed by atoms with Crippen molar-refractivity contribution in [3.8, 4) is 0 Å². The Labute approximate surface area is 446 Å². The van der Waals surface area contributed by atoms with Crippen molar-refractivity contribution in [3.05, 3.63) is 200 Å². The lowest BCUT2D eigenvalue weighted by Gasteiger charge is -2.24. The van der Waals surface area contributed by atoms with Crippen LogP contribution in [0.25, 0.3) is 27.6 Å². The molecule has 12 rings (SSSR count). The van der Waals surface area contributed by atoms with Crippen LogP contribution in [0.4, 0.5) is 17.1 Å². The standard InChI is InChI=1S/C18H17ClN2O2S.C18H16N2O3S.C9H5Cl2NO2S.C9H11N.CH4/c1-12-5-6-13-8-10-21(16(13)11-12)24(22,23)17-4-2-3-15-14(17)7-9-20-18(15)19;1-12-5-6-13-8-10-20(16(13)11-12)24(22,23)17-4-2-3-15-14(17)7-9-19-18(15)21;10-9-7-2-1-3-8(15(11,13)14)6(7)4-5-12-9;1-7-2-3-8-4-5-10-9(8)6-7;/h2-7,9,11,18,20H,8,10H2,1H3;2-7,9,11H,8,10H2,1H3,(H,19,21);1-5H;2-3,6,10H,4-5H2,1H3;1H4. The van der Waals surface area contributed by atoms with Crippen LogP contribution < -0.4 is 24.8 Å². The van der Waals surface area contributed by atoms with E-state index in [2.05, 4.69) is 45.7 Å². The maximum absolute atomic E-state index is 13.3. The monoisotopic (exact) mass is 1110 g/mol. The molecule has 0 spiro atoms. The first kappa shape index (κ1) is 53.9. The molecule has 8 aromatic rings. The number of alkyl halides is 1. The summed E-state index contributed by atoms with van der Waals surface area (Å²) < 4.78 is 78.6. The Bertz CT molecular complexity index is 3910. The van der Waals surface area contributed by atoms with Gasteiger partial charge in [-0.15, -0.1) is 0 Å². The molecule has 4 aliphatic heterocycles. The lowest BCUT2D eigenvalue weighted by Crippen LogP contribution is -2.30. The van der Waals surface area contributed by atoms with E-state index < -0.39 is 34.6 Å². The molecule has 6 heterocycles. The Morgan fingerprint density at radius 3 is 1.82 bits per heavy atom. The molecule has 0 bridgehead atoms. The molecule has 0 radical (unpaired) electrons. The number of pyridine rings is 2. The van der Waals surface area contributed by atoms with Crippen molar-refractivity contribution < 1.29 is 25.3 Å². The summed E-state index contributed by atoms with van der Waals surface area (Å²) in [6.45, 7) is 8.04. The van der Waals surface area contributed by atoms with E-state index >= 15 is 0 Å². The van der Waals surface area contributed by atoms with E-state index in [9.17, 15) is 30.0 Å². The number of H-pyrrole nitrogens is 1. The number of nitrogens with zero attached hydrogens (tertiary/aromatic N) is 3. The molecule has 0 saturated heterocycles. The molecule has 1 atom stereocenters. The van der Waals surface area contributed by atoms with Crippen molar-refractivity contribution in [1.29, 1.82) is 0 Å². The molecule has 4 aliphatic rings. The second-order valence-corrected chi connectivity index (χ2v) is 24.8. The number of aromatic nitrogens is 2. The lowest BCUT2D eigenvalue weighted by atomic mass is 10.1. The highest BCUT2D eigenvalue weighted by Gasteiger charge is 2.35. The zero-order valence-corrected chi connectivity index (χ0v) is 44.5. The number of hydrogen-bond donors (Lipinski definition) is 3. The van der Waals surface area contributed by atoms with Crippen LogP contribution in [-0.2, 0) is 48.4 Å². The largest absolute Gasteiger partial charge is 0.384 e. The number of rotatable bonds is 5. The molecular weight excluding hydrogens is 1060 g/mol. The van der Waals surface area contributed by atoms with Crippen molar-refractivity contribution in [2.75, 3.05) is 33.6 Å². The zero-order chi connectivity index (χ0) is 51.8. The minimum Gasteiger partial charge on any atom is -0.384 e. The summed E-state index contributed by atoms with van der Waals surface area (Å²) in [6, 6.07) is 36.4. The van der Waals surface area contributed by atoms with Crippen molar-refractivity contribution in [3.63, 3.8) is 0 Å². The fourth-order valence-corrected chi connectivity index (χ4v) is 14.3. The Kier molecular flexibility index (Phi) is 15.9. The lowest BCUT2D eigenvalue weighted by molar-refractivity contribution is 0.590. The van der Waals surface area contributed by atoms with Crippen LogP contribution >= 0.6 is 33.9 Å². The van der Waals surface area contributed by atoms with Gasteiger partial charge in [-0.2, -0.15) is 0 Å². The van der Waals surface area contributed by atoms with Gasteiger partial charge in [0.25, 0.3) is 34.7 Å². The number of aryl methyl sites for hydroxylation is 3. The normalized spacial score (nSPS) is 15.1. The summed E-state index contributed by atoms with van der Waals surface area (Å²) in [5.41, 5.74) is 10.6. The second kappa shape index (κ2) is 21.8. The van der Waals surface area contributed by atoms with Gasteiger partial charge in [-0.1, -0.05) is 97.4 Å². The first-order valence-electron chi connectivity index (χ1n) is 23.2. The number of benzene rings is 6. The molecule has 74 heavy (non-hydrogen) atoms. The summed E-state index contributed by atoms with van der Waals surface area (Å²) >= 11 is 12.1. The third-order valence-electron chi connectivity index (χ3n) is 12.9. The molecule has 0 saturated carbocycles. The number of sulfonamides is 2. The maximum Gasteiger partial charge on any atom is 0.264 e. The van der Waals surface area contributed by atoms with E-state index in [4.69, 9.17) is 33.9 Å². The predicted octanol–water partition coefficient (Wildman–Crippen LogP) is 11.6. The highest BCUT2D eigenvalue weighted by atomic mass is 35.7. The molecule has 384 valence electrons. The molecule has 2 aromatic heterocycles. The predicted molar refractivity (Wildman–Crippen MR) is 300 cm³/mol. The number of anilines is 3. The van der Waals surface area contributed by atoms with Crippen LogP contribution in [0.3, 0.4) is 0 Å². The second-order valence-electron chi connectivity index (χ2n) is 17.8. The Balaban J connectivity index is 0.000000137. The molecule has 0 fully saturated rings. The van der Waals surface area contributed by atoms with Gasteiger partial charge in [-0.3, -0.25) is 13.4 Å². The van der Waals surface area contributed by atoms with Gasteiger partial charge in [0.2, 0.25) is 0 Å². The van der Waals surface area contributed by atoms with Gasteiger partial charge in [0, 0.05) is 75.5 Å². The summed E-state index contributed by atoms with van der Waals surface area (Å²) in [4.78, 5) is 18.9. The zero-order valence-electron chi connectivity index (χ0n) is 39.7. The highest BCUT2D eigenvalue weighted by molar-refractivity contribution is 8.14. The highest BCUT2D eigenvalue weighted by Crippen LogP contribution is 2.39. The number of hydrogen-bond acceptors (Lipinski definition) is 10. The van der Waals surface area contributed by atoms with E-state index in [0.717, 1.165) is 52.2 Å². The minimum atomic E-state index is -3.76. The first-order chi connectivity index (χ1) is 34.8. The fourth-order valence-electron chi connectivity index (χ4n) is 9.32. The Morgan fingerprint density at radius 2 is 1.18 bits per heavy atom. The fraction of sp³-hybridized carbons (Fsp3) is 0.200. The van der Waals surface area contributed by atoms with Crippen molar-refractivity contribution in [1.82, 2.24) is 15.3 Å². The van der Waals surface area contributed by atoms with Crippen molar-refractivity contribution >= 4 is 108 Å². The van der Waals surface area contributed by atoms with E-state index in [-0.39, 0.29) is 27.9 Å². The van der Waals surface area contributed by atoms with E-state index in [1.807, 2.05) is 56.3 Å². The molecule has 13 nitrogen and oxygen atoms in total. The summed E-state index contributed by atoms with van der Waals surface area (Å²) in [5, 5.41) is 8.46. The van der Waals surface area contributed by atoms with Gasteiger partial charge in [0.05, 0.1) is 26.1 Å². The van der Waals surface area contributed by atoms with Gasteiger partial charge in [0.1, 0.15) is 10.7 Å². The van der Waals surface area contributed by atoms with Crippen molar-refractivity contribution in [2.24, 2.45) is 0 Å². The van der Waals surface area contributed by atoms with E-state index in [1.165, 1.54) is 50.3 Å². The van der Waals surface area contributed by atoms with Crippen molar-refractivity contribution in [2.45, 2.75) is 67.6 Å². The van der Waals surface area contributed by atoms with Gasteiger partial charge in [-0.05, 0) is 146 Å². The van der Waals surface area contributed by atoms with Crippen LogP contribution in [0.15, 0.2) is 159 Å². The van der Waals surface area contributed by atoms with Crippen LogP contribution in [0.5, 0.6) is 0 Å². The molecule has 0 amide bonds. The average Bonchev–Trinajstić information content (AvgIpc) is 4.13. The molecule has 6 aromatic carbocycles. The van der Waals surface area contributed by atoms with Gasteiger partial charge in [-0.25, -0.2) is 30.2 Å². The first-order valence-corrected chi connectivity index (χ1v) is 29.2. The summed E-state index contributed by atoms with van der Waals surface area (Å²) in [7, 11) is -5.83. The van der Waals surface area contributed by atoms with E-state index in [1.54, 1.807) is 66.9 Å². The number of fused-ring (bicyclic) bond motifs is 6. The molecular formula is C55H53Cl3N6O7S3. The number of nitrogens with one attached hydrogen (secondary N) is 3. The van der Waals surface area contributed by atoms with Crippen LogP contribution in [0, 0.1) is 20.8 Å². The quantitative estimate of drug-likeness (QED) is 0.0650.